The van der Waals surface area contributed by atoms with E-state index in [1.54, 1.807) is 24.4 Å². The number of nitrogens with zero attached hydrogens (tertiary/aromatic N) is 3. The first kappa shape index (κ1) is 19.3. The Labute approximate surface area is 174 Å². The Morgan fingerprint density at radius 2 is 1.93 bits per heavy atom. The van der Waals surface area contributed by atoms with Crippen LogP contribution in [0.4, 0.5) is 5.69 Å². The van der Waals surface area contributed by atoms with Gasteiger partial charge in [-0.2, -0.15) is 5.10 Å². The van der Waals surface area contributed by atoms with Gasteiger partial charge >= 0.3 is 0 Å². The Kier molecular flexibility index (Phi) is 5.53. The van der Waals surface area contributed by atoms with E-state index in [1.165, 1.54) is 36.2 Å². The number of furan rings is 1. The molecule has 0 saturated carbocycles. The third kappa shape index (κ3) is 4.20. The Hall–Kier alpha value is -3.98. The third-order valence-corrected chi connectivity index (χ3v) is 5.08. The third-order valence-electron chi connectivity index (χ3n) is 4.11. The lowest BCUT2D eigenvalue weighted by Crippen LogP contribution is -2.18. The second-order valence-corrected chi connectivity index (χ2v) is 7.11. The van der Waals surface area contributed by atoms with Crippen LogP contribution in [0.2, 0.25) is 0 Å². The largest absolute Gasteiger partial charge is 0.448 e. The van der Waals surface area contributed by atoms with Gasteiger partial charge in [-0.1, -0.05) is 30.3 Å². The molecule has 8 nitrogen and oxygen atoms in total. The maximum Gasteiger partial charge on any atom is 0.282 e. The number of rotatable bonds is 6. The Morgan fingerprint density at radius 1 is 1.10 bits per heavy atom. The highest BCUT2D eigenvalue weighted by Gasteiger charge is 2.18. The molecule has 0 aliphatic rings. The van der Waals surface area contributed by atoms with E-state index in [1.807, 2.05) is 30.3 Å². The van der Waals surface area contributed by atoms with E-state index in [0.29, 0.717) is 10.9 Å². The Bertz CT molecular complexity index is 1260. The van der Waals surface area contributed by atoms with Crippen molar-refractivity contribution in [3.05, 3.63) is 94.4 Å². The highest BCUT2D eigenvalue weighted by atomic mass is 32.2. The van der Waals surface area contributed by atoms with Crippen LogP contribution >= 0.6 is 11.8 Å². The fraction of sp³-hybridized carbons (Fsp3) is 0. The molecule has 0 spiro atoms. The van der Waals surface area contributed by atoms with Crippen molar-refractivity contribution in [3.8, 4) is 0 Å². The number of para-hydroxylation sites is 2. The van der Waals surface area contributed by atoms with E-state index in [2.05, 4.69) is 15.5 Å². The molecule has 0 saturated heterocycles. The first-order valence-corrected chi connectivity index (χ1v) is 9.62. The zero-order valence-corrected chi connectivity index (χ0v) is 16.2. The fourth-order valence-corrected chi connectivity index (χ4v) is 3.67. The van der Waals surface area contributed by atoms with Crippen molar-refractivity contribution < 1.29 is 14.1 Å². The van der Waals surface area contributed by atoms with E-state index in [9.17, 15) is 14.9 Å². The summed E-state index contributed by atoms with van der Waals surface area (Å²) in [4.78, 5) is 27.9. The van der Waals surface area contributed by atoms with Crippen LogP contribution in [0.25, 0.3) is 10.9 Å². The molecule has 148 valence electrons. The summed E-state index contributed by atoms with van der Waals surface area (Å²) in [6, 6.07) is 18.9. The number of nitro benzene ring substituents is 1. The summed E-state index contributed by atoms with van der Waals surface area (Å²) in [6.45, 7) is 0. The van der Waals surface area contributed by atoms with Crippen LogP contribution in [0.3, 0.4) is 0 Å². The first-order chi connectivity index (χ1) is 14.6. The molecule has 2 aromatic carbocycles. The van der Waals surface area contributed by atoms with Crippen LogP contribution in [-0.4, -0.2) is 22.0 Å². The van der Waals surface area contributed by atoms with E-state index in [-0.39, 0.29) is 11.3 Å². The molecule has 0 atom stereocenters. The summed E-state index contributed by atoms with van der Waals surface area (Å²) < 4.78 is 5.71. The molecule has 0 bridgehead atoms. The summed E-state index contributed by atoms with van der Waals surface area (Å²) in [5, 5.41) is 16.5. The van der Waals surface area contributed by atoms with Crippen molar-refractivity contribution in [2.75, 3.05) is 0 Å². The second kappa shape index (κ2) is 8.58. The van der Waals surface area contributed by atoms with Gasteiger partial charge < -0.3 is 4.42 Å². The summed E-state index contributed by atoms with van der Waals surface area (Å²) in [5.74, 6) is -0.255. The van der Waals surface area contributed by atoms with Gasteiger partial charge in [-0.05, 0) is 42.1 Å². The van der Waals surface area contributed by atoms with Crippen molar-refractivity contribution in [2.45, 2.75) is 9.99 Å². The van der Waals surface area contributed by atoms with E-state index >= 15 is 0 Å². The minimum Gasteiger partial charge on any atom is -0.448 e. The number of carbonyl (C=O) groups excluding carboxylic acids is 1. The summed E-state index contributed by atoms with van der Waals surface area (Å²) >= 11 is 1.43. The lowest BCUT2D eigenvalue weighted by molar-refractivity contribution is -0.385. The summed E-state index contributed by atoms with van der Waals surface area (Å²) in [6.07, 6.45) is 3.07. The SMILES string of the molecule is O=C(N/N=C\c1ccc(Sc2cccc3cccnc23)o1)c1ccccc1[N+](=O)[O-]. The molecule has 2 heterocycles. The average molecular weight is 418 g/mol. The average Bonchev–Trinajstić information content (AvgIpc) is 3.21. The van der Waals surface area contributed by atoms with Crippen molar-refractivity contribution in [2.24, 2.45) is 5.10 Å². The van der Waals surface area contributed by atoms with Crippen molar-refractivity contribution in [3.63, 3.8) is 0 Å². The molecular formula is C21H14N4O4S. The van der Waals surface area contributed by atoms with Crippen molar-refractivity contribution in [1.82, 2.24) is 10.4 Å². The molecule has 1 amide bonds. The molecule has 9 heteroatoms. The molecule has 30 heavy (non-hydrogen) atoms. The summed E-state index contributed by atoms with van der Waals surface area (Å²) in [7, 11) is 0. The minimum atomic E-state index is -0.679. The molecule has 0 unspecified atom stereocenters. The van der Waals surface area contributed by atoms with Gasteiger partial charge in [0.15, 0.2) is 5.09 Å². The maximum atomic E-state index is 12.2. The standard InChI is InChI=1S/C21H14N4O4S/c26-21(16-7-1-2-8-17(16)25(27)28)24-23-13-15-10-11-19(29-15)30-18-9-3-5-14-6-4-12-22-20(14)18/h1-13H,(H,24,26)/b23-13-. The monoisotopic (exact) mass is 418 g/mol. The van der Waals surface area contributed by atoms with Crippen LogP contribution in [-0.2, 0) is 0 Å². The van der Waals surface area contributed by atoms with Gasteiger partial charge in [0.2, 0.25) is 0 Å². The number of carbonyl (C=O) groups is 1. The van der Waals surface area contributed by atoms with E-state index in [0.717, 1.165) is 15.8 Å². The highest BCUT2D eigenvalue weighted by molar-refractivity contribution is 7.99. The van der Waals surface area contributed by atoms with Crippen LogP contribution in [0.15, 0.2) is 92.4 Å². The number of hydrogen-bond acceptors (Lipinski definition) is 7. The van der Waals surface area contributed by atoms with Gasteiger partial charge in [0.1, 0.15) is 11.3 Å². The van der Waals surface area contributed by atoms with Gasteiger partial charge in [-0.25, -0.2) is 5.43 Å². The molecule has 0 aliphatic carbocycles. The molecule has 4 aromatic rings. The number of aromatic nitrogens is 1. The molecule has 0 aliphatic heterocycles. The van der Waals surface area contributed by atoms with Gasteiger partial charge in [0.25, 0.3) is 11.6 Å². The smallest absolute Gasteiger partial charge is 0.282 e. The molecule has 0 radical (unpaired) electrons. The highest BCUT2D eigenvalue weighted by Crippen LogP contribution is 2.33. The topological polar surface area (TPSA) is 111 Å². The van der Waals surface area contributed by atoms with Crippen LogP contribution in [0.1, 0.15) is 16.1 Å². The van der Waals surface area contributed by atoms with Gasteiger partial charge in [-0.15, -0.1) is 0 Å². The van der Waals surface area contributed by atoms with Crippen molar-refractivity contribution in [1.29, 1.82) is 0 Å². The van der Waals surface area contributed by atoms with E-state index < -0.39 is 10.8 Å². The number of benzene rings is 2. The maximum absolute atomic E-state index is 12.2. The lowest BCUT2D eigenvalue weighted by atomic mass is 10.2. The number of nitro groups is 1. The Balaban J connectivity index is 1.44. The molecule has 4 rings (SSSR count). The molecule has 2 aromatic heterocycles. The Morgan fingerprint density at radius 3 is 2.80 bits per heavy atom. The van der Waals surface area contributed by atoms with Gasteiger partial charge in [0.05, 0.1) is 16.7 Å². The zero-order chi connectivity index (χ0) is 20.9. The first-order valence-electron chi connectivity index (χ1n) is 8.80. The van der Waals surface area contributed by atoms with Crippen LogP contribution < -0.4 is 5.43 Å². The number of hydrazone groups is 1. The van der Waals surface area contributed by atoms with E-state index in [4.69, 9.17) is 4.42 Å². The predicted molar refractivity (Wildman–Crippen MR) is 113 cm³/mol. The van der Waals surface area contributed by atoms with Gasteiger partial charge in [0, 0.05) is 22.5 Å². The predicted octanol–water partition coefficient (Wildman–Crippen LogP) is 4.65. The summed E-state index contributed by atoms with van der Waals surface area (Å²) in [5.41, 5.74) is 2.80. The molecule has 1 N–H and O–H groups in total. The second-order valence-electron chi connectivity index (χ2n) is 6.06. The number of pyridine rings is 1. The molecule has 0 fully saturated rings. The zero-order valence-electron chi connectivity index (χ0n) is 15.4. The number of amides is 1. The van der Waals surface area contributed by atoms with Crippen molar-refractivity contribution >= 4 is 40.5 Å². The number of nitrogens with one attached hydrogen (secondary N) is 1. The van der Waals surface area contributed by atoms with Crippen LogP contribution in [0, 0.1) is 10.1 Å². The van der Waals surface area contributed by atoms with Gasteiger partial charge in [-0.3, -0.25) is 19.9 Å². The quantitative estimate of drug-likeness (QED) is 0.277. The molecular weight excluding hydrogens is 404 g/mol. The van der Waals surface area contributed by atoms with Crippen LogP contribution in [0.5, 0.6) is 0 Å². The number of hydrogen-bond donors (Lipinski definition) is 1. The normalized spacial score (nSPS) is 11.1. The fourth-order valence-electron chi connectivity index (χ4n) is 2.77. The lowest BCUT2D eigenvalue weighted by Gasteiger charge is -2.02. The number of fused-ring (bicyclic) bond motifs is 1. The minimum absolute atomic E-state index is 0.0706.